The van der Waals surface area contributed by atoms with Gasteiger partial charge >= 0.3 is 0 Å². The fourth-order valence-corrected chi connectivity index (χ4v) is 3.97. The second-order valence-corrected chi connectivity index (χ2v) is 9.48. The van der Waals surface area contributed by atoms with Gasteiger partial charge in [0.15, 0.2) is 5.75 Å². The number of rotatable bonds is 6. The Bertz CT molecular complexity index is 1020. The molecule has 3 rings (SSSR count). The van der Waals surface area contributed by atoms with Gasteiger partial charge in [0.1, 0.15) is 23.7 Å². The highest BCUT2D eigenvalue weighted by atomic mass is 32.2. The zero-order valence-corrected chi connectivity index (χ0v) is 18.9. The third kappa shape index (κ3) is 4.86. The molecule has 2 aromatic rings. The highest BCUT2D eigenvalue weighted by Gasteiger charge is 2.32. The molecule has 0 saturated carbocycles. The predicted octanol–water partition coefficient (Wildman–Crippen LogP) is 3.58. The van der Waals surface area contributed by atoms with Crippen molar-refractivity contribution in [3.63, 3.8) is 0 Å². The topological polar surface area (TPSA) is 129 Å². The highest BCUT2D eigenvalue weighted by molar-refractivity contribution is 7.92. The van der Waals surface area contributed by atoms with Crippen LogP contribution in [0.15, 0.2) is 30.3 Å². The number of amides is 1. The molecule has 1 aliphatic heterocycles. The number of nitrogens with zero attached hydrogens (tertiary/aromatic N) is 1. The number of hydrogen-bond acceptors (Lipinski definition) is 7. The fraction of sp³-hybridized carbons (Fsp3) is 0.381. The summed E-state index contributed by atoms with van der Waals surface area (Å²) >= 11 is -1.34. The van der Waals surface area contributed by atoms with Gasteiger partial charge in [0.05, 0.1) is 29.1 Å². The van der Waals surface area contributed by atoms with Crippen LogP contribution in [-0.2, 0) is 28.0 Å². The van der Waals surface area contributed by atoms with E-state index in [1.807, 2.05) is 32.9 Å². The van der Waals surface area contributed by atoms with E-state index in [0.29, 0.717) is 34.8 Å². The van der Waals surface area contributed by atoms with Crippen molar-refractivity contribution in [1.29, 1.82) is 0 Å². The molecule has 3 N–H and O–H groups in total. The van der Waals surface area contributed by atoms with Gasteiger partial charge in [0.2, 0.25) is 5.91 Å². The van der Waals surface area contributed by atoms with Crippen molar-refractivity contribution in [2.45, 2.75) is 38.6 Å². The van der Waals surface area contributed by atoms with E-state index in [9.17, 15) is 19.5 Å². The number of ether oxygens (including phenoxy) is 1. The van der Waals surface area contributed by atoms with Crippen molar-refractivity contribution in [2.75, 3.05) is 28.7 Å². The zero-order chi connectivity index (χ0) is 22.9. The second kappa shape index (κ2) is 8.64. The molecule has 9 nitrogen and oxygen atoms in total. The minimum Gasteiger partial charge on any atom is -0.593 e. The van der Waals surface area contributed by atoms with E-state index in [4.69, 9.17) is 4.74 Å². The lowest BCUT2D eigenvalue weighted by atomic mass is 9.86. The maximum atomic E-state index is 13.0. The van der Waals surface area contributed by atoms with Gasteiger partial charge in [-0.15, -0.1) is 0 Å². The van der Waals surface area contributed by atoms with E-state index in [2.05, 4.69) is 15.4 Å². The normalized spacial score (nSPS) is 16.1. The van der Waals surface area contributed by atoms with E-state index < -0.39 is 22.3 Å². The summed E-state index contributed by atoms with van der Waals surface area (Å²) in [7, 11) is 1.47. The quantitative estimate of drug-likeness (QED) is 0.351. The number of anilines is 3. The van der Waals surface area contributed by atoms with Crippen LogP contribution in [0, 0.1) is 10.1 Å². The van der Waals surface area contributed by atoms with Gasteiger partial charge in [0, 0.05) is 12.5 Å². The third-order valence-electron chi connectivity index (χ3n) is 5.06. The Kier molecular flexibility index (Phi) is 6.33. The number of nitro groups is 1. The number of carbonyl (C=O) groups is 1. The van der Waals surface area contributed by atoms with Gasteiger partial charge in [-0.2, -0.15) is 0 Å². The molecule has 0 spiro atoms. The molecule has 0 aromatic heterocycles. The third-order valence-corrected chi connectivity index (χ3v) is 5.56. The standard InChI is InChI=1S/C21H26N4O5S/c1-21(2,3)13-10-14(19(30-4)15(11-13)24-31(5)29)23-20(26)16-9-12-7-6-8-17(25(27)28)18(12)22-16/h6-8,10-11,16,22,24H,9H2,1-5H3,(H,23,26). The summed E-state index contributed by atoms with van der Waals surface area (Å²) < 4.78 is 20.1. The predicted molar refractivity (Wildman–Crippen MR) is 122 cm³/mol. The molecule has 2 unspecified atom stereocenters. The Morgan fingerprint density at radius 2 is 1.97 bits per heavy atom. The van der Waals surface area contributed by atoms with Crippen LogP contribution in [0.25, 0.3) is 0 Å². The monoisotopic (exact) mass is 446 g/mol. The van der Waals surface area contributed by atoms with Gasteiger partial charge in [-0.05, 0) is 28.7 Å². The van der Waals surface area contributed by atoms with Gasteiger partial charge in [0.25, 0.3) is 5.69 Å². The molecule has 0 bridgehead atoms. The number of fused-ring (bicyclic) bond motifs is 1. The maximum absolute atomic E-state index is 13.0. The van der Waals surface area contributed by atoms with Crippen LogP contribution < -0.4 is 20.1 Å². The van der Waals surface area contributed by atoms with Gasteiger partial charge in [-0.3, -0.25) is 14.9 Å². The molecule has 1 amide bonds. The Balaban J connectivity index is 1.92. The average Bonchev–Trinajstić information content (AvgIpc) is 3.10. The molecule has 0 radical (unpaired) electrons. The number of hydrogen-bond donors (Lipinski definition) is 3. The number of nitrogens with one attached hydrogen (secondary N) is 3. The van der Waals surface area contributed by atoms with E-state index >= 15 is 0 Å². The molecule has 166 valence electrons. The maximum Gasteiger partial charge on any atom is 0.292 e. The number of carbonyl (C=O) groups excluding carboxylic acids is 1. The van der Waals surface area contributed by atoms with E-state index in [1.54, 1.807) is 12.1 Å². The molecule has 31 heavy (non-hydrogen) atoms. The summed E-state index contributed by atoms with van der Waals surface area (Å²) in [4.78, 5) is 23.9. The molecule has 0 saturated heterocycles. The number of methoxy groups -OCH3 is 1. The molecular formula is C21H26N4O5S. The van der Waals surface area contributed by atoms with Crippen LogP contribution in [0.1, 0.15) is 31.9 Å². The highest BCUT2D eigenvalue weighted by Crippen LogP contribution is 2.40. The molecule has 10 heteroatoms. The number of benzene rings is 2. The summed E-state index contributed by atoms with van der Waals surface area (Å²) in [6, 6.07) is 7.79. The van der Waals surface area contributed by atoms with Crippen molar-refractivity contribution in [2.24, 2.45) is 0 Å². The fourth-order valence-electron chi connectivity index (χ4n) is 3.50. The Morgan fingerprint density at radius 1 is 1.29 bits per heavy atom. The van der Waals surface area contributed by atoms with Crippen LogP contribution in [0.5, 0.6) is 5.75 Å². The van der Waals surface area contributed by atoms with Crippen molar-refractivity contribution >= 4 is 40.0 Å². The molecule has 0 fully saturated rings. The average molecular weight is 447 g/mol. The summed E-state index contributed by atoms with van der Waals surface area (Å²) in [6.45, 7) is 6.09. The first-order chi connectivity index (χ1) is 14.5. The SMILES string of the molecule is COc1c(NC(=O)C2Cc3cccc([N+](=O)[O-])c3N2)cc(C(C)(C)C)cc1N[S+](C)[O-]. The van der Waals surface area contributed by atoms with Crippen molar-refractivity contribution < 1.29 is 19.0 Å². The molecule has 2 aromatic carbocycles. The van der Waals surface area contributed by atoms with E-state index in [-0.39, 0.29) is 17.0 Å². The summed E-state index contributed by atoms with van der Waals surface area (Å²) in [5.74, 6) is 0.0106. The molecule has 0 aliphatic carbocycles. The van der Waals surface area contributed by atoms with Crippen LogP contribution in [0.3, 0.4) is 0 Å². The van der Waals surface area contributed by atoms with Crippen LogP contribution in [0.4, 0.5) is 22.7 Å². The molecule has 2 atom stereocenters. The summed E-state index contributed by atoms with van der Waals surface area (Å²) in [6.07, 6.45) is 1.84. The van der Waals surface area contributed by atoms with Gasteiger partial charge in [-0.1, -0.05) is 32.9 Å². The number of para-hydroxylation sites is 1. The van der Waals surface area contributed by atoms with Crippen LogP contribution >= 0.6 is 0 Å². The first-order valence-electron chi connectivity index (χ1n) is 9.67. The van der Waals surface area contributed by atoms with E-state index in [0.717, 1.165) is 5.56 Å². The Hall–Kier alpha value is -2.98. The van der Waals surface area contributed by atoms with Gasteiger partial charge in [-0.25, -0.2) is 4.72 Å². The van der Waals surface area contributed by atoms with Crippen LogP contribution in [-0.4, -0.2) is 34.8 Å². The van der Waals surface area contributed by atoms with Crippen LogP contribution in [0.2, 0.25) is 0 Å². The first-order valence-corrected chi connectivity index (χ1v) is 11.2. The summed E-state index contributed by atoms with van der Waals surface area (Å²) in [5.41, 5.74) is 2.64. The lowest BCUT2D eigenvalue weighted by molar-refractivity contribution is -0.383. The van der Waals surface area contributed by atoms with Crippen molar-refractivity contribution in [3.8, 4) is 5.75 Å². The van der Waals surface area contributed by atoms with Crippen molar-refractivity contribution in [3.05, 3.63) is 51.6 Å². The Morgan fingerprint density at radius 3 is 2.55 bits per heavy atom. The molecule has 1 heterocycles. The number of nitro benzene ring substituents is 1. The minimum atomic E-state index is -1.34. The van der Waals surface area contributed by atoms with Gasteiger partial charge < -0.3 is 19.9 Å². The Labute approximate surface area is 184 Å². The largest absolute Gasteiger partial charge is 0.593 e. The lowest BCUT2D eigenvalue weighted by Gasteiger charge is -2.24. The smallest absolute Gasteiger partial charge is 0.292 e. The van der Waals surface area contributed by atoms with Crippen molar-refractivity contribution in [1.82, 2.24) is 0 Å². The summed E-state index contributed by atoms with van der Waals surface area (Å²) in [5, 5.41) is 17.1. The lowest BCUT2D eigenvalue weighted by Crippen LogP contribution is -2.33. The molecular weight excluding hydrogens is 420 g/mol. The molecule has 1 aliphatic rings. The van der Waals surface area contributed by atoms with E-state index in [1.165, 1.54) is 19.4 Å². The minimum absolute atomic E-state index is 0.0583. The zero-order valence-electron chi connectivity index (χ0n) is 18.1. The second-order valence-electron chi connectivity index (χ2n) is 8.37. The first kappa shape index (κ1) is 22.7.